The molecule has 1 atom stereocenters. The Bertz CT molecular complexity index is 809. The number of benzene rings is 1. The molecule has 1 aliphatic rings. The molecule has 1 aliphatic heterocycles. The molecule has 0 saturated carbocycles. The average Bonchev–Trinajstić information content (AvgIpc) is 3.06. The first-order valence-corrected chi connectivity index (χ1v) is 9.82. The van der Waals surface area contributed by atoms with Gasteiger partial charge in [-0.15, -0.1) is 0 Å². The number of aromatic nitrogens is 1. The second-order valence-corrected chi connectivity index (χ2v) is 7.30. The lowest BCUT2D eigenvalue weighted by atomic mass is 10.1. The van der Waals surface area contributed by atoms with E-state index in [2.05, 4.69) is 10.3 Å². The number of amides is 3. The van der Waals surface area contributed by atoms with E-state index in [1.54, 1.807) is 4.90 Å². The first-order chi connectivity index (χ1) is 13.5. The molecule has 28 heavy (non-hydrogen) atoms. The van der Waals surface area contributed by atoms with E-state index in [1.807, 2.05) is 67.3 Å². The van der Waals surface area contributed by atoms with Gasteiger partial charge in [0, 0.05) is 44.2 Å². The summed E-state index contributed by atoms with van der Waals surface area (Å²) in [7, 11) is 0. The molecule has 1 fully saturated rings. The number of urea groups is 1. The summed E-state index contributed by atoms with van der Waals surface area (Å²) in [5.41, 5.74) is 2.86. The molecule has 0 spiro atoms. The number of hydrogen-bond acceptors (Lipinski definition) is 3. The van der Waals surface area contributed by atoms with Crippen LogP contribution < -0.4 is 5.32 Å². The average molecular weight is 380 g/mol. The molecule has 6 nitrogen and oxygen atoms in total. The van der Waals surface area contributed by atoms with Gasteiger partial charge in [-0.1, -0.05) is 36.4 Å². The fourth-order valence-corrected chi connectivity index (χ4v) is 3.53. The number of pyridine rings is 1. The molecule has 2 heterocycles. The van der Waals surface area contributed by atoms with Gasteiger partial charge in [0.15, 0.2) is 0 Å². The maximum atomic E-state index is 12.9. The Morgan fingerprint density at radius 1 is 1.18 bits per heavy atom. The summed E-state index contributed by atoms with van der Waals surface area (Å²) in [6.45, 7) is 6.82. The van der Waals surface area contributed by atoms with E-state index in [1.165, 1.54) is 0 Å². The first-order valence-electron chi connectivity index (χ1n) is 9.82. The molecular weight excluding hydrogens is 352 g/mol. The van der Waals surface area contributed by atoms with E-state index in [4.69, 9.17) is 0 Å². The molecule has 0 unspecified atom stereocenters. The van der Waals surface area contributed by atoms with Crippen molar-refractivity contribution >= 4 is 11.9 Å². The van der Waals surface area contributed by atoms with Gasteiger partial charge in [-0.25, -0.2) is 4.79 Å². The van der Waals surface area contributed by atoms with E-state index in [0.717, 1.165) is 23.5 Å². The molecular formula is C22H28N4O2. The molecule has 1 aromatic carbocycles. The van der Waals surface area contributed by atoms with Gasteiger partial charge in [-0.2, -0.15) is 0 Å². The molecule has 6 heteroatoms. The third kappa shape index (κ3) is 5.31. The highest BCUT2D eigenvalue weighted by Crippen LogP contribution is 2.17. The van der Waals surface area contributed by atoms with Crippen LogP contribution in [0.3, 0.4) is 0 Å². The number of aryl methyl sites for hydroxylation is 1. The molecule has 3 rings (SSSR count). The van der Waals surface area contributed by atoms with Gasteiger partial charge in [0.25, 0.3) is 0 Å². The van der Waals surface area contributed by atoms with Crippen LogP contribution in [0, 0.1) is 12.8 Å². The first kappa shape index (κ1) is 19.9. The van der Waals surface area contributed by atoms with Crippen molar-refractivity contribution in [1.29, 1.82) is 0 Å². The second kappa shape index (κ2) is 9.35. The van der Waals surface area contributed by atoms with Crippen molar-refractivity contribution in [3.05, 3.63) is 65.5 Å². The van der Waals surface area contributed by atoms with Crippen molar-refractivity contribution in [1.82, 2.24) is 20.1 Å². The molecule has 148 valence electrons. The summed E-state index contributed by atoms with van der Waals surface area (Å²) in [6, 6.07) is 15.6. The predicted molar refractivity (Wildman–Crippen MR) is 108 cm³/mol. The lowest BCUT2D eigenvalue weighted by Crippen LogP contribution is -2.41. The molecule has 0 radical (unpaired) electrons. The molecule has 2 aromatic rings. The fourth-order valence-electron chi connectivity index (χ4n) is 3.53. The molecule has 1 saturated heterocycles. The van der Waals surface area contributed by atoms with Gasteiger partial charge in [0.2, 0.25) is 5.91 Å². The number of nitrogens with one attached hydrogen (secondary N) is 1. The van der Waals surface area contributed by atoms with Crippen LogP contribution in [-0.4, -0.2) is 46.4 Å². The van der Waals surface area contributed by atoms with Crippen LogP contribution in [-0.2, 0) is 17.9 Å². The lowest BCUT2D eigenvalue weighted by molar-refractivity contribution is -0.127. The maximum absolute atomic E-state index is 12.9. The van der Waals surface area contributed by atoms with Crippen molar-refractivity contribution in [3.8, 4) is 0 Å². The Kier molecular flexibility index (Phi) is 6.63. The number of nitrogens with zero attached hydrogens (tertiary/aromatic N) is 3. The van der Waals surface area contributed by atoms with Crippen LogP contribution in [0.15, 0.2) is 48.5 Å². The highest BCUT2D eigenvalue weighted by Gasteiger charge is 2.29. The minimum atomic E-state index is -0.130. The normalized spacial score (nSPS) is 16.3. The van der Waals surface area contributed by atoms with Crippen LogP contribution in [0.4, 0.5) is 4.79 Å². The van der Waals surface area contributed by atoms with Crippen molar-refractivity contribution in [3.63, 3.8) is 0 Å². The zero-order chi connectivity index (χ0) is 19.9. The molecule has 3 amide bonds. The van der Waals surface area contributed by atoms with Gasteiger partial charge in [-0.05, 0) is 31.5 Å². The topological polar surface area (TPSA) is 65.5 Å². The van der Waals surface area contributed by atoms with Gasteiger partial charge >= 0.3 is 6.03 Å². The zero-order valence-electron chi connectivity index (χ0n) is 16.6. The third-order valence-corrected chi connectivity index (χ3v) is 5.02. The third-order valence-electron chi connectivity index (χ3n) is 5.02. The monoisotopic (exact) mass is 380 g/mol. The Morgan fingerprint density at radius 2 is 1.96 bits per heavy atom. The van der Waals surface area contributed by atoms with Crippen molar-refractivity contribution < 1.29 is 9.59 Å². The lowest BCUT2D eigenvalue weighted by Gasteiger charge is -2.24. The number of likely N-dealkylation sites (tertiary alicyclic amines) is 1. The number of hydrogen-bond donors (Lipinski definition) is 1. The van der Waals surface area contributed by atoms with Gasteiger partial charge < -0.3 is 15.1 Å². The minimum Gasteiger partial charge on any atom is -0.343 e. The zero-order valence-corrected chi connectivity index (χ0v) is 16.6. The number of carbonyl (C=O) groups is 2. The number of carbonyl (C=O) groups excluding carboxylic acids is 2. The second-order valence-electron chi connectivity index (χ2n) is 7.30. The van der Waals surface area contributed by atoms with Gasteiger partial charge in [0.1, 0.15) is 0 Å². The van der Waals surface area contributed by atoms with Crippen molar-refractivity contribution in [2.75, 3.05) is 19.6 Å². The number of rotatable bonds is 7. The SMILES string of the molecule is CCN1C[C@@H](CNC(=O)N(Cc2ccccc2)Cc2cccc(C)n2)CC1=O. The van der Waals surface area contributed by atoms with E-state index in [-0.39, 0.29) is 17.9 Å². The van der Waals surface area contributed by atoms with Crippen LogP contribution in [0.25, 0.3) is 0 Å². The quantitative estimate of drug-likeness (QED) is 0.803. The molecule has 0 aliphatic carbocycles. The highest BCUT2D eigenvalue weighted by atomic mass is 16.2. The van der Waals surface area contributed by atoms with Crippen LogP contribution >= 0.6 is 0 Å². The highest BCUT2D eigenvalue weighted by molar-refractivity contribution is 5.79. The van der Waals surface area contributed by atoms with Crippen LogP contribution in [0.1, 0.15) is 30.3 Å². The smallest absolute Gasteiger partial charge is 0.318 e. The predicted octanol–water partition coefficient (Wildman–Crippen LogP) is 2.97. The van der Waals surface area contributed by atoms with Gasteiger partial charge in [-0.3, -0.25) is 9.78 Å². The van der Waals surface area contributed by atoms with Crippen molar-refractivity contribution in [2.45, 2.75) is 33.4 Å². The summed E-state index contributed by atoms with van der Waals surface area (Å²) >= 11 is 0. The Labute approximate surface area is 166 Å². The van der Waals surface area contributed by atoms with Crippen molar-refractivity contribution in [2.24, 2.45) is 5.92 Å². The van der Waals surface area contributed by atoms with Crippen LogP contribution in [0.2, 0.25) is 0 Å². The van der Waals surface area contributed by atoms with E-state index >= 15 is 0 Å². The van der Waals surface area contributed by atoms with Gasteiger partial charge in [0.05, 0.1) is 12.2 Å². The summed E-state index contributed by atoms with van der Waals surface area (Å²) < 4.78 is 0. The molecule has 1 aromatic heterocycles. The molecule has 1 N–H and O–H groups in total. The summed E-state index contributed by atoms with van der Waals surface area (Å²) in [4.78, 5) is 33.0. The largest absolute Gasteiger partial charge is 0.343 e. The Balaban J connectivity index is 1.65. The Hall–Kier alpha value is -2.89. The van der Waals surface area contributed by atoms with E-state index in [0.29, 0.717) is 32.6 Å². The van der Waals surface area contributed by atoms with E-state index < -0.39 is 0 Å². The summed E-state index contributed by atoms with van der Waals surface area (Å²) in [5.74, 6) is 0.346. The fraction of sp³-hybridized carbons (Fsp3) is 0.409. The standard InChI is InChI=1S/C22H28N4O2/c1-3-25-15-19(12-21(25)27)13-23-22(28)26(14-18-9-5-4-6-10-18)16-20-11-7-8-17(2)24-20/h4-11,19H,3,12-16H2,1-2H3,(H,23,28)/t19-/m1/s1. The van der Waals surface area contributed by atoms with Crippen LogP contribution in [0.5, 0.6) is 0 Å². The molecule has 0 bridgehead atoms. The minimum absolute atomic E-state index is 0.130. The van der Waals surface area contributed by atoms with E-state index in [9.17, 15) is 9.59 Å². The Morgan fingerprint density at radius 3 is 2.64 bits per heavy atom. The maximum Gasteiger partial charge on any atom is 0.318 e. The summed E-state index contributed by atoms with van der Waals surface area (Å²) in [5, 5.41) is 3.03. The summed E-state index contributed by atoms with van der Waals surface area (Å²) in [6.07, 6.45) is 0.506.